The van der Waals surface area contributed by atoms with Crippen LogP contribution in [0.25, 0.3) is 6.08 Å². The Bertz CT molecular complexity index is 584. The van der Waals surface area contributed by atoms with Gasteiger partial charge in [-0.05, 0) is 48.0 Å². The number of likely N-dealkylation sites (N-methyl/N-ethyl adjacent to an activating group) is 1. The van der Waals surface area contributed by atoms with Crippen LogP contribution in [0.5, 0.6) is 0 Å². The molecule has 106 valence electrons. The minimum atomic E-state index is -0.113. The Hall–Kier alpha value is -1.37. The number of thiocarbonyl (C=S) groups is 1. The zero-order valence-corrected chi connectivity index (χ0v) is 13.1. The second-order valence-corrected chi connectivity index (χ2v) is 6.03. The van der Waals surface area contributed by atoms with Gasteiger partial charge in [0.1, 0.15) is 4.99 Å². The van der Waals surface area contributed by atoms with Crippen molar-refractivity contribution in [3.63, 3.8) is 0 Å². The average molecular weight is 307 g/mol. The number of rotatable bonds is 4. The van der Waals surface area contributed by atoms with Crippen molar-refractivity contribution in [2.45, 2.75) is 6.92 Å². The van der Waals surface area contributed by atoms with Gasteiger partial charge >= 0.3 is 0 Å². The van der Waals surface area contributed by atoms with E-state index in [4.69, 9.17) is 18.0 Å². The van der Waals surface area contributed by atoms with E-state index in [-0.39, 0.29) is 5.24 Å². The van der Waals surface area contributed by atoms with E-state index in [1.165, 1.54) is 0 Å². The monoisotopic (exact) mass is 307 g/mol. The molecule has 0 radical (unpaired) electrons. The van der Waals surface area contributed by atoms with Crippen LogP contribution >= 0.6 is 24.0 Å². The highest BCUT2D eigenvalue weighted by Crippen LogP contribution is 2.28. The zero-order valence-electron chi connectivity index (χ0n) is 11.5. The molecule has 0 spiro atoms. The van der Waals surface area contributed by atoms with Gasteiger partial charge in [0.2, 0.25) is 0 Å². The molecular weight excluding hydrogens is 290 g/mol. The molecule has 1 aromatic carbocycles. The topological polar surface area (TPSA) is 58.4 Å². The molecule has 4 nitrogen and oxygen atoms in total. The summed E-state index contributed by atoms with van der Waals surface area (Å²) in [6, 6.07) is 6.20. The average Bonchev–Trinajstić information content (AvgIpc) is 2.70. The van der Waals surface area contributed by atoms with E-state index in [1.54, 1.807) is 0 Å². The first-order valence-corrected chi connectivity index (χ1v) is 7.50. The SMILES string of the molecule is Cc1cc(N(C)CCN)ccc1/C=C1\SC(=O)NC1=S. The van der Waals surface area contributed by atoms with Crippen LogP contribution in [0.15, 0.2) is 23.1 Å². The van der Waals surface area contributed by atoms with E-state index >= 15 is 0 Å². The lowest BCUT2D eigenvalue weighted by atomic mass is 10.1. The van der Waals surface area contributed by atoms with Crippen LogP contribution in [0.4, 0.5) is 10.5 Å². The Balaban J connectivity index is 2.24. The fourth-order valence-corrected chi connectivity index (χ4v) is 2.97. The van der Waals surface area contributed by atoms with Gasteiger partial charge in [-0.3, -0.25) is 4.79 Å². The van der Waals surface area contributed by atoms with E-state index in [0.717, 1.165) is 40.0 Å². The molecule has 6 heteroatoms. The summed E-state index contributed by atoms with van der Waals surface area (Å²) in [5.41, 5.74) is 8.90. The molecule has 1 fully saturated rings. The third kappa shape index (κ3) is 3.39. The lowest BCUT2D eigenvalue weighted by molar-refractivity contribution is 0.265. The molecule has 20 heavy (non-hydrogen) atoms. The van der Waals surface area contributed by atoms with Crippen molar-refractivity contribution in [3.05, 3.63) is 34.2 Å². The standard InChI is InChI=1S/C14H17N3OS2/c1-9-7-11(17(2)6-5-15)4-3-10(9)8-12-13(19)16-14(18)20-12/h3-4,7-8H,5-6,15H2,1-2H3,(H,16,18,19)/b12-8-. The number of hydrogen-bond acceptors (Lipinski definition) is 5. The van der Waals surface area contributed by atoms with E-state index in [1.807, 2.05) is 32.2 Å². The molecule has 0 unspecified atom stereocenters. The van der Waals surface area contributed by atoms with Crippen LogP contribution in [0.2, 0.25) is 0 Å². The highest BCUT2D eigenvalue weighted by molar-refractivity contribution is 8.19. The molecule has 2 rings (SSSR count). The third-order valence-electron chi connectivity index (χ3n) is 3.09. The van der Waals surface area contributed by atoms with Gasteiger partial charge in [0.05, 0.1) is 4.91 Å². The molecular formula is C14H17N3OS2. The van der Waals surface area contributed by atoms with Gasteiger partial charge in [-0.1, -0.05) is 18.3 Å². The quantitative estimate of drug-likeness (QED) is 0.661. The van der Waals surface area contributed by atoms with E-state index in [2.05, 4.69) is 16.3 Å². The number of amides is 1. The smallest absolute Gasteiger partial charge is 0.289 e. The molecule has 1 amide bonds. The van der Waals surface area contributed by atoms with Gasteiger partial charge in [0, 0.05) is 25.8 Å². The minimum Gasteiger partial charge on any atom is -0.373 e. The number of carbonyl (C=O) groups excluding carboxylic acids is 1. The maximum atomic E-state index is 11.3. The Morgan fingerprint density at radius 1 is 1.50 bits per heavy atom. The second-order valence-electron chi connectivity index (χ2n) is 4.60. The van der Waals surface area contributed by atoms with Crippen molar-refractivity contribution in [2.75, 3.05) is 25.0 Å². The first-order valence-electron chi connectivity index (χ1n) is 6.28. The van der Waals surface area contributed by atoms with E-state index in [0.29, 0.717) is 11.5 Å². The van der Waals surface area contributed by atoms with Crippen LogP contribution in [-0.4, -0.2) is 30.4 Å². The largest absolute Gasteiger partial charge is 0.373 e. The van der Waals surface area contributed by atoms with Crippen molar-refractivity contribution in [2.24, 2.45) is 5.73 Å². The van der Waals surface area contributed by atoms with Gasteiger partial charge in [-0.2, -0.15) is 0 Å². The van der Waals surface area contributed by atoms with Crippen LogP contribution < -0.4 is 16.0 Å². The first kappa shape index (κ1) is 15.0. The van der Waals surface area contributed by atoms with Gasteiger partial charge < -0.3 is 16.0 Å². The molecule has 0 bridgehead atoms. The highest BCUT2D eigenvalue weighted by atomic mass is 32.2. The number of benzene rings is 1. The summed E-state index contributed by atoms with van der Waals surface area (Å²) in [4.78, 5) is 14.7. The summed E-state index contributed by atoms with van der Waals surface area (Å²) in [6.45, 7) is 3.49. The maximum Gasteiger partial charge on any atom is 0.289 e. The van der Waals surface area contributed by atoms with Gasteiger partial charge in [-0.25, -0.2) is 0 Å². The molecule has 1 aliphatic rings. The zero-order chi connectivity index (χ0) is 14.7. The highest BCUT2D eigenvalue weighted by Gasteiger charge is 2.21. The molecule has 0 atom stereocenters. The van der Waals surface area contributed by atoms with Crippen molar-refractivity contribution in [1.82, 2.24) is 5.32 Å². The lowest BCUT2D eigenvalue weighted by Crippen LogP contribution is -2.24. The predicted octanol–water partition coefficient (Wildman–Crippen LogP) is 2.51. The minimum absolute atomic E-state index is 0.113. The number of nitrogens with two attached hydrogens (primary N) is 1. The summed E-state index contributed by atoms with van der Waals surface area (Å²) >= 11 is 6.26. The fraction of sp³-hybridized carbons (Fsp3) is 0.286. The molecule has 0 saturated carbocycles. The lowest BCUT2D eigenvalue weighted by Gasteiger charge is -2.19. The number of nitrogens with one attached hydrogen (secondary N) is 1. The number of aryl methyl sites for hydroxylation is 1. The maximum absolute atomic E-state index is 11.3. The molecule has 1 aromatic rings. The molecule has 0 aliphatic carbocycles. The molecule has 0 aromatic heterocycles. The van der Waals surface area contributed by atoms with E-state index < -0.39 is 0 Å². The van der Waals surface area contributed by atoms with Gasteiger partial charge in [-0.15, -0.1) is 0 Å². The van der Waals surface area contributed by atoms with Crippen LogP contribution in [-0.2, 0) is 0 Å². The Morgan fingerprint density at radius 2 is 2.25 bits per heavy atom. The molecule has 3 N–H and O–H groups in total. The Morgan fingerprint density at radius 3 is 2.80 bits per heavy atom. The number of nitrogens with zero attached hydrogens (tertiary/aromatic N) is 1. The van der Waals surface area contributed by atoms with Gasteiger partial charge in [0.25, 0.3) is 5.24 Å². The second kappa shape index (κ2) is 6.39. The van der Waals surface area contributed by atoms with Crippen molar-refractivity contribution in [3.8, 4) is 0 Å². The summed E-state index contributed by atoms with van der Waals surface area (Å²) in [7, 11) is 2.02. The Labute approximate surface area is 128 Å². The Kier molecular flexibility index (Phi) is 4.80. The van der Waals surface area contributed by atoms with E-state index in [9.17, 15) is 4.79 Å². The van der Waals surface area contributed by atoms with Crippen LogP contribution in [0.1, 0.15) is 11.1 Å². The molecule has 1 heterocycles. The van der Waals surface area contributed by atoms with Crippen molar-refractivity contribution >= 4 is 46.0 Å². The number of hydrogen-bond donors (Lipinski definition) is 2. The number of anilines is 1. The normalized spacial score (nSPS) is 16.6. The number of thioether (sulfide) groups is 1. The van der Waals surface area contributed by atoms with Crippen LogP contribution in [0.3, 0.4) is 0 Å². The van der Waals surface area contributed by atoms with Crippen molar-refractivity contribution in [1.29, 1.82) is 0 Å². The summed E-state index contributed by atoms with van der Waals surface area (Å²) in [5.74, 6) is 0. The molecule has 1 aliphatic heterocycles. The number of carbonyl (C=O) groups is 1. The van der Waals surface area contributed by atoms with Crippen molar-refractivity contribution < 1.29 is 4.79 Å². The molecule has 1 saturated heterocycles. The predicted molar refractivity (Wildman–Crippen MR) is 90.2 cm³/mol. The fourth-order valence-electron chi connectivity index (χ4n) is 1.94. The van der Waals surface area contributed by atoms with Gasteiger partial charge in [0.15, 0.2) is 0 Å². The summed E-state index contributed by atoms with van der Waals surface area (Å²) in [5, 5.41) is 2.51. The van der Waals surface area contributed by atoms with Crippen LogP contribution in [0, 0.1) is 6.92 Å². The summed E-state index contributed by atoms with van der Waals surface area (Å²) in [6.07, 6.45) is 1.95. The first-order chi connectivity index (χ1) is 9.51. The third-order valence-corrected chi connectivity index (χ3v) is 4.37. The summed E-state index contributed by atoms with van der Waals surface area (Å²) < 4.78 is 0.